The summed E-state index contributed by atoms with van der Waals surface area (Å²) >= 11 is 0. The lowest BCUT2D eigenvalue weighted by Crippen LogP contribution is -2.51. The van der Waals surface area contributed by atoms with Gasteiger partial charge in [0.2, 0.25) is 10.0 Å². The van der Waals surface area contributed by atoms with Crippen molar-refractivity contribution in [3.63, 3.8) is 0 Å². The van der Waals surface area contributed by atoms with E-state index in [1.165, 1.54) is 10.5 Å². The third kappa shape index (κ3) is 4.50. The Morgan fingerprint density at radius 1 is 1.46 bits per heavy atom. The Morgan fingerprint density at radius 3 is 3.04 bits per heavy atom. The topological polar surface area (TPSA) is 120 Å². The molecule has 1 aliphatic rings. The standard InChI is InChI=1S/C16H24N6O3S/c1-11(2)10-26(24,25)22-7-3-4-12(9-22)19-16(23)21-14-8-18-15-13(20-14)5-6-17-15/h5-6,8,11-12H,3-4,7,9-10H2,1-2H3,(H,17,18)(H2,19,20,21,23)/t12-/m1/s1. The number of piperidine rings is 1. The normalized spacial score (nSPS) is 19.0. The van der Waals surface area contributed by atoms with Gasteiger partial charge in [-0.3, -0.25) is 5.32 Å². The minimum Gasteiger partial charge on any atom is -0.345 e. The first-order valence-corrected chi connectivity index (χ1v) is 10.3. The first-order chi connectivity index (χ1) is 12.3. The fourth-order valence-corrected chi connectivity index (χ4v) is 4.94. The van der Waals surface area contributed by atoms with Gasteiger partial charge in [-0.15, -0.1) is 0 Å². The maximum absolute atomic E-state index is 12.4. The molecule has 0 spiro atoms. The molecular formula is C16H24N6O3S. The molecule has 0 saturated carbocycles. The number of carbonyl (C=O) groups excluding carboxylic acids is 1. The van der Waals surface area contributed by atoms with Crippen LogP contribution in [0.2, 0.25) is 0 Å². The number of fused-ring (bicyclic) bond motifs is 1. The number of urea groups is 1. The van der Waals surface area contributed by atoms with Crippen LogP contribution in [0.3, 0.4) is 0 Å². The molecule has 1 aliphatic heterocycles. The predicted octanol–water partition coefficient (Wildman–Crippen LogP) is 1.53. The zero-order valence-electron chi connectivity index (χ0n) is 14.9. The summed E-state index contributed by atoms with van der Waals surface area (Å²) in [6.07, 6.45) is 4.66. The minimum absolute atomic E-state index is 0.0681. The molecule has 1 atom stereocenters. The van der Waals surface area contributed by atoms with Crippen LogP contribution in [-0.4, -0.2) is 58.6 Å². The molecule has 3 rings (SSSR count). The Bertz CT molecular complexity index is 879. The summed E-state index contributed by atoms with van der Waals surface area (Å²) in [6, 6.07) is 1.13. The van der Waals surface area contributed by atoms with Crippen LogP contribution < -0.4 is 10.6 Å². The van der Waals surface area contributed by atoms with E-state index in [0.717, 1.165) is 12.8 Å². The maximum atomic E-state index is 12.4. The number of sulfonamides is 1. The lowest BCUT2D eigenvalue weighted by molar-refractivity contribution is 0.236. The summed E-state index contributed by atoms with van der Waals surface area (Å²) in [5.74, 6) is 0.534. The molecule has 1 fully saturated rings. The first-order valence-electron chi connectivity index (χ1n) is 8.69. The van der Waals surface area contributed by atoms with Gasteiger partial charge in [0, 0.05) is 25.3 Å². The van der Waals surface area contributed by atoms with Crippen molar-refractivity contribution < 1.29 is 13.2 Å². The summed E-state index contributed by atoms with van der Waals surface area (Å²) in [4.78, 5) is 23.6. The van der Waals surface area contributed by atoms with E-state index in [4.69, 9.17) is 0 Å². The number of rotatable bonds is 5. The number of H-pyrrole nitrogens is 1. The van der Waals surface area contributed by atoms with Crippen molar-refractivity contribution in [1.29, 1.82) is 0 Å². The van der Waals surface area contributed by atoms with Crippen LogP contribution in [0.4, 0.5) is 10.6 Å². The molecule has 2 aromatic heterocycles. The van der Waals surface area contributed by atoms with Crippen LogP contribution in [0.1, 0.15) is 26.7 Å². The van der Waals surface area contributed by atoms with Gasteiger partial charge >= 0.3 is 6.03 Å². The molecule has 0 bridgehead atoms. The average Bonchev–Trinajstić information content (AvgIpc) is 3.01. The highest BCUT2D eigenvalue weighted by molar-refractivity contribution is 7.89. The molecule has 2 aromatic rings. The van der Waals surface area contributed by atoms with Crippen molar-refractivity contribution in [2.45, 2.75) is 32.7 Å². The first kappa shape index (κ1) is 18.6. The fourth-order valence-electron chi connectivity index (χ4n) is 3.07. The van der Waals surface area contributed by atoms with Gasteiger partial charge in [-0.05, 0) is 24.8 Å². The maximum Gasteiger partial charge on any atom is 0.320 e. The Labute approximate surface area is 152 Å². The van der Waals surface area contributed by atoms with E-state index in [-0.39, 0.29) is 17.7 Å². The van der Waals surface area contributed by atoms with Gasteiger partial charge in [0.25, 0.3) is 0 Å². The second-order valence-electron chi connectivity index (χ2n) is 6.93. The molecule has 1 saturated heterocycles. The molecular weight excluding hydrogens is 356 g/mol. The number of nitrogens with one attached hydrogen (secondary N) is 3. The van der Waals surface area contributed by atoms with Gasteiger partial charge in [0.1, 0.15) is 5.52 Å². The Hall–Kier alpha value is -2.20. The summed E-state index contributed by atoms with van der Waals surface area (Å²) in [5.41, 5.74) is 1.31. The van der Waals surface area contributed by atoms with E-state index >= 15 is 0 Å². The molecule has 0 unspecified atom stereocenters. The highest BCUT2D eigenvalue weighted by Crippen LogP contribution is 2.16. The van der Waals surface area contributed by atoms with Crippen LogP contribution in [0.25, 0.3) is 11.2 Å². The Balaban J connectivity index is 1.58. The van der Waals surface area contributed by atoms with E-state index in [9.17, 15) is 13.2 Å². The summed E-state index contributed by atoms with van der Waals surface area (Å²) in [5, 5.41) is 5.48. The van der Waals surface area contributed by atoms with Crippen LogP contribution in [0.5, 0.6) is 0 Å². The molecule has 3 heterocycles. The van der Waals surface area contributed by atoms with Gasteiger partial charge in [-0.1, -0.05) is 13.8 Å². The molecule has 142 valence electrons. The smallest absolute Gasteiger partial charge is 0.320 e. The van der Waals surface area contributed by atoms with E-state index in [2.05, 4.69) is 25.6 Å². The van der Waals surface area contributed by atoms with Crippen molar-refractivity contribution in [2.24, 2.45) is 5.92 Å². The zero-order valence-corrected chi connectivity index (χ0v) is 15.7. The third-order valence-corrected chi connectivity index (χ3v) is 6.37. The van der Waals surface area contributed by atoms with Gasteiger partial charge in [0.05, 0.1) is 11.9 Å². The van der Waals surface area contributed by atoms with Crippen molar-refractivity contribution in [3.05, 3.63) is 18.5 Å². The van der Waals surface area contributed by atoms with Crippen LogP contribution in [-0.2, 0) is 10.0 Å². The van der Waals surface area contributed by atoms with Crippen LogP contribution >= 0.6 is 0 Å². The van der Waals surface area contributed by atoms with Crippen LogP contribution in [0, 0.1) is 5.92 Å². The SMILES string of the molecule is CC(C)CS(=O)(=O)N1CCC[C@@H](NC(=O)Nc2cnc3[nH]ccc3n2)C1. The Morgan fingerprint density at radius 2 is 2.27 bits per heavy atom. The monoisotopic (exact) mass is 380 g/mol. The predicted molar refractivity (Wildman–Crippen MR) is 99.3 cm³/mol. The lowest BCUT2D eigenvalue weighted by atomic mass is 10.1. The number of hydrogen-bond donors (Lipinski definition) is 3. The van der Waals surface area contributed by atoms with E-state index in [1.54, 1.807) is 12.3 Å². The highest BCUT2D eigenvalue weighted by Gasteiger charge is 2.30. The largest absolute Gasteiger partial charge is 0.345 e. The van der Waals surface area contributed by atoms with Gasteiger partial charge < -0.3 is 10.3 Å². The third-order valence-electron chi connectivity index (χ3n) is 4.16. The molecule has 9 nitrogen and oxygen atoms in total. The van der Waals surface area contributed by atoms with E-state index in [0.29, 0.717) is 30.1 Å². The summed E-state index contributed by atoms with van der Waals surface area (Å²) in [6.45, 7) is 4.57. The lowest BCUT2D eigenvalue weighted by Gasteiger charge is -2.32. The summed E-state index contributed by atoms with van der Waals surface area (Å²) in [7, 11) is -3.29. The molecule has 2 amide bonds. The van der Waals surface area contributed by atoms with E-state index < -0.39 is 16.1 Å². The number of carbonyl (C=O) groups is 1. The Kier molecular flexibility index (Phi) is 5.42. The molecule has 0 aliphatic carbocycles. The van der Waals surface area contributed by atoms with Gasteiger partial charge in [0.15, 0.2) is 11.5 Å². The van der Waals surface area contributed by atoms with Crippen molar-refractivity contribution in [2.75, 3.05) is 24.2 Å². The zero-order chi connectivity index (χ0) is 18.7. The highest BCUT2D eigenvalue weighted by atomic mass is 32.2. The molecule has 26 heavy (non-hydrogen) atoms. The second-order valence-corrected chi connectivity index (χ2v) is 8.95. The van der Waals surface area contributed by atoms with Crippen LogP contribution in [0.15, 0.2) is 18.5 Å². The van der Waals surface area contributed by atoms with Crippen molar-refractivity contribution in [3.8, 4) is 0 Å². The van der Waals surface area contributed by atoms with Gasteiger partial charge in [-0.2, -0.15) is 4.31 Å². The number of anilines is 1. The van der Waals surface area contributed by atoms with Crippen molar-refractivity contribution in [1.82, 2.24) is 24.6 Å². The average molecular weight is 380 g/mol. The number of hydrogen-bond acceptors (Lipinski definition) is 5. The summed E-state index contributed by atoms with van der Waals surface area (Å²) < 4.78 is 26.3. The minimum atomic E-state index is -3.29. The molecule has 0 aromatic carbocycles. The van der Waals surface area contributed by atoms with Gasteiger partial charge in [-0.25, -0.2) is 23.2 Å². The molecule has 0 radical (unpaired) electrons. The fraction of sp³-hybridized carbons (Fsp3) is 0.562. The number of aromatic amines is 1. The number of amides is 2. The quantitative estimate of drug-likeness (QED) is 0.726. The van der Waals surface area contributed by atoms with Crippen molar-refractivity contribution >= 4 is 33.0 Å². The number of aromatic nitrogens is 3. The number of nitrogens with zero attached hydrogens (tertiary/aromatic N) is 3. The second kappa shape index (κ2) is 7.58. The molecule has 3 N–H and O–H groups in total. The van der Waals surface area contributed by atoms with E-state index in [1.807, 2.05) is 13.8 Å². The molecule has 10 heteroatoms.